The van der Waals surface area contributed by atoms with Gasteiger partial charge in [0.25, 0.3) is 0 Å². The normalized spacial score (nSPS) is 10.2. The Bertz CT molecular complexity index is 10200. The number of fused-ring (bicyclic) bond motifs is 8. The minimum atomic E-state index is -0.381. The lowest BCUT2D eigenvalue weighted by molar-refractivity contribution is 0.00578. The molecule has 0 unspecified atom stereocenters. The highest BCUT2D eigenvalue weighted by molar-refractivity contribution is 8.88. The van der Waals surface area contributed by atoms with Gasteiger partial charge in [0.15, 0.2) is 0 Å². The van der Waals surface area contributed by atoms with Crippen LogP contribution in [0.15, 0.2) is 66.7 Å². The van der Waals surface area contributed by atoms with Crippen molar-refractivity contribution in [3.8, 4) is 0 Å². The van der Waals surface area contributed by atoms with Crippen LogP contribution in [0.3, 0.4) is 0 Å². The summed E-state index contributed by atoms with van der Waals surface area (Å²) < 4.78 is 14.9. The first-order valence-corrected chi connectivity index (χ1v) is 163. The van der Waals surface area contributed by atoms with Crippen molar-refractivity contribution >= 4 is 970 Å². The average molecular weight is 3700 g/mol. The predicted octanol–water partition coefficient (Wildman–Crippen LogP) is 4.85. The molecule has 0 saturated carbocycles. The highest BCUT2D eigenvalue weighted by atomic mass is 33.6. The standard InChI is InChI=1S/C25H23BN2O2.S103/c1-24(2)25(3,4)30-26(29-24)16-13-14-21-19(15-16)17-9-5-6-10-18(17)23-27-20-11-7-8-12-22(20)28(21)23;1-3-5-7-9-11-13-15-17-19-21-23-25-27-29-31-33-35-37-39-41-43-45-47-49-51-53-55-57-59-61-63-65-67-69-71-73-75-77-79-81-83-85-87-89-91-93-95-97-99-101-103-102-100-98-96-94-92-90-88-86-84-82-80-78-76-74-72-70-68-66-64-62-60-58-56-54-52-50-48-46-44-42-40-38-36-34-32-30-28-26-24-22-20-18-16-14-12-10-8-6-4-2/h5-15H,1-4H3;. The molecular weight excluding hydrogens is 3670 g/mol. The second-order valence-electron chi connectivity index (χ2n) is 16.0. The smallest absolute Gasteiger partial charge is 0.399 e. The Kier molecular flexibility index (Phi) is 119. The van der Waals surface area contributed by atoms with Gasteiger partial charge in [0, 0.05) is 930 Å². The Balaban J connectivity index is 0.000000854. The summed E-state index contributed by atoms with van der Waals surface area (Å²) >= 11 is 9.66. The quantitative estimate of drug-likeness (QED) is 0.178. The molecule has 3 aromatic carbocycles. The SMILES string of the molecule is CC1(C)OB(c2ccc3c(c2)c2ccccc2c2nc4ccccc4n32)OC1(C)C.S=S=S=S=S=S=S=S=S=S=S=S=S=S=S=S=S=S=S=S=S=S=S=S=S=S=S=S=S=S=S=S=S=S=S=S=S=S=S=S=S=S=S=S=S=S=S=S=S=S=S=S=S=S=S=S=S=S=S=S=S=S=S=S=S=S=S=S=S=S=S=S=S=S=S=S=S=S=S=S=S=S=S=S=S=S=S=S=S=S=S=S=S=S=S=S=S=S=S=S=S=S=S. The van der Waals surface area contributed by atoms with Gasteiger partial charge in [-0.05, 0) is 56.7 Å². The number of pyridine rings is 1. The molecule has 6 rings (SSSR count). The maximum atomic E-state index is 6.31. The van der Waals surface area contributed by atoms with Crippen LogP contribution in [0.4, 0.5) is 0 Å². The van der Waals surface area contributed by atoms with E-state index in [4.69, 9.17) is 36.7 Å². The van der Waals surface area contributed by atoms with Crippen molar-refractivity contribution < 1.29 is 9.31 Å². The van der Waals surface area contributed by atoms with Crippen molar-refractivity contribution in [2.75, 3.05) is 0 Å². The van der Waals surface area contributed by atoms with Crippen LogP contribution in [0.1, 0.15) is 27.7 Å². The Labute approximate surface area is 1060 Å². The van der Waals surface area contributed by atoms with Crippen LogP contribution in [-0.2, 0) is 929 Å². The van der Waals surface area contributed by atoms with E-state index in [-0.39, 0.29) is 18.3 Å². The molecule has 1 aliphatic heterocycles. The van der Waals surface area contributed by atoms with E-state index in [2.05, 4.69) is 92.8 Å². The van der Waals surface area contributed by atoms with E-state index in [9.17, 15) is 0 Å². The van der Waals surface area contributed by atoms with Crippen LogP contribution >= 0.6 is 0 Å². The van der Waals surface area contributed by atoms with Crippen molar-refractivity contribution in [3.63, 3.8) is 0 Å². The van der Waals surface area contributed by atoms with E-state index < -0.39 is 0 Å². The molecule has 766 valence electrons. The van der Waals surface area contributed by atoms with E-state index in [1.807, 2.05) is 779 Å². The minimum absolute atomic E-state index is 0.362. The molecule has 1 aliphatic rings. The number of benzene rings is 3. The van der Waals surface area contributed by atoms with Gasteiger partial charge in [0.05, 0.1) is 27.8 Å². The summed E-state index contributed by atoms with van der Waals surface area (Å²) in [6, 6.07) is 23.3. The first-order chi connectivity index (χ1) is 65.8. The fraction of sp³-hybridized carbons (Fsp3) is 0.240. The molecule has 5 aromatic rings. The second kappa shape index (κ2) is 110. The van der Waals surface area contributed by atoms with Gasteiger partial charge in [0.2, 0.25) is 0 Å². The molecule has 2 aromatic heterocycles. The molecular formula is C25H23BN2O2S103. The summed E-state index contributed by atoms with van der Waals surface area (Å²) in [4.78, 5) is 4.94. The fourth-order valence-corrected chi connectivity index (χ4v) is 277. The molecule has 0 radical (unpaired) electrons. The monoisotopic (exact) mass is 3690 g/mol. The van der Waals surface area contributed by atoms with Crippen LogP contribution in [0.2, 0.25) is 0 Å². The van der Waals surface area contributed by atoms with Crippen LogP contribution in [0, 0.1) is 0 Å². The van der Waals surface area contributed by atoms with Gasteiger partial charge >= 0.3 is 7.12 Å². The largest absolute Gasteiger partial charge is 0.494 e. The maximum absolute atomic E-state index is 6.31. The summed E-state index contributed by atoms with van der Waals surface area (Å²) in [5.74, 6) is 0. The third-order valence-corrected chi connectivity index (χ3v) is 232. The Morgan fingerprint density at radius 2 is 0.376 bits per heavy atom. The Morgan fingerprint density at radius 1 is 0.203 bits per heavy atom. The molecule has 1 fully saturated rings. The highest BCUT2D eigenvalue weighted by Gasteiger charge is 2.51. The van der Waals surface area contributed by atoms with Gasteiger partial charge in [0.1, 0.15) is 5.65 Å². The maximum Gasteiger partial charge on any atom is 0.494 e. The predicted molar refractivity (Wildman–Crippen MR) is 882 cm³/mol. The van der Waals surface area contributed by atoms with Gasteiger partial charge in [-0.1, -0.05) is 48.5 Å². The lowest BCUT2D eigenvalue weighted by Gasteiger charge is -2.32. The number of para-hydroxylation sites is 2. The molecule has 0 N–H and O–H groups in total. The number of aromatic nitrogens is 2. The van der Waals surface area contributed by atoms with E-state index in [0.717, 1.165) is 33.0 Å². The van der Waals surface area contributed by atoms with E-state index in [1.54, 1.807) is 107 Å². The summed E-state index contributed by atoms with van der Waals surface area (Å²) in [5.41, 5.74) is 4.56. The first-order valence-electron chi connectivity index (χ1n) is 27.4. The fourth-order valence-electron chi connectivity index (χ4n) is 5.58. The molecule has 0 amide bonds. The van der Waals surface area contributed by atoms with Gasteiger partial charge in [-0.2, -0.15) is 0 Å². The van der Waals surface area contributed by atoms with Gasteiger partial charge in [-0.3, -0.25) is 4.40 Å². The second-order valence-corrected chi connectivity index (χ2v) is 195. The van der Waals surface area contributed by atoms with Crippen molar-refractivity contribution in [2.45, 2.75) is 38.9 Å². The lowest BCUT2D eigenvalue weighted by atomic mass is 9.78. The highest BCUT2D eigenvalue weighted by Crippen LogP contribution is 2.37. The number of hydrogen-bond acceptors (Lipinski definition) is 5. The van der Waals surface area contributed by atoms with E-state index in [0.29, 0.717) is 0 Å². The van der Waals surface area contributed by atoms with Crippen LogP contribution in [-0.4, -0.2) is 27.7 Å². The zero-order valence-electron chi connectivity index (χ0n) is 59.7. The molecule has 3 heterocycles. The zero-order chi connectivity index (χ0) is 94.1. The first kappa shape index (κ1) is 143. The van der Waals surface area contributed by atoms with Crippen molar-refractivity contribution in [2.24, 2.45) is 0 Å². The minimum Gasteiger partial charge on any atom is -0.399 e. The Hall–Kier alpha value is 19.8. The van der Waals surface area contributed by atoms with Crippen LogP contribution in [0.5, 0.6) is 0 Å². The molecule has 108 heteroatoms. The molecule has 133 heavy (non-hydrogen) atoms. The average Bonchev–Trinajstić information content (AvgIpc) is 1.58. The summed E-state index contributed by atoms with van der Waals surface area (Å²) in [6.45, 7) is 8.35. The van der Waals surface area contributed by atoms with Gasteiger partial charge in [-0.15, -0.1) is 0 Å². The number of imidazole rings is 1. The van der Waals surface area contributed by atoms with Crippen LogP contribution < -0.4 is 5.46 Å². The number of nitrogens with zero attached hydrogens (tertiary/aromatic N) is 2. The molecule has 1 saturated heterocycles. The van der Waals surface area contributed by atoms with Gasteiger partial charge < -0.3 is 9.31 Å². The summed E-state index contributed by atoms with van der Waals surface area (Å²) in [5, 5.41) is 3.51. The molecule has 4 nitrogen and oxygen atoms in total. The van der Waals surface area contributed by atoms with Gasteiger partial charge in [-0.25, -0.2) is 4.98 Å². The molecule has 0 atom stereocenters. The summed E-state index contributed by atoms with van der Waals surface area (Å²) in [6.07, 6.45) is 0. The van der Waals surface area contributed by atoms with Crippen molar-refractivity contribution in [3.05, 3.63) is 66.7 Å². The van der Waals surface area contributed by atoms with Crippen LogP contribution in [0.25, 0.3) is 38.4 Å². The van der Waals surface area contributed by atoms with E-state index >= 15 is 0 Å². The summed E-state index contributed by atoms with van der Waals surface area (Å²) in [7, 11) is 182. The molecule has 0 bridgehead atoms. The van der Waals surface area contributed by atoms with Crippen molar-refractivity contribution in [1.29, 1.82) is 0 Å². The third kappa shape index (κ3) is 83.6. The van der Waals surface area contributed by atoms with Crippen molar-refractivity contribution in [1.82, 2.24) is 9.38 Å². The molecule has 0 aliphatic carbocycles. The lowest BCUT2D eigenvalue weighted by Crippen LogP contribution is -2.41. The third-order valence-electron chi connectivity index (χ3n) is 9.58. The van der Waals surface area contributed by atoms with E-state index in [1.165, 1.54) is 28.5 Å². The zero-order valence-corrected chi connectivity index (χ0v) is 144. The topological polar surface area (TPSA) is 35.8 Å². The number of hydrogen-bond donors (Lipinski definition) is 0. The number of rotatable bonds is 1. The Morgan fingerprint density at radius 3 is 0.571 bits per heavy atom. The molecule has 0 spiro atoms.